The lowest BCUT2D eigenvalue weighted by atomic mass is 10.0. The van der Waals surface area contributed by atoms with Crippen molar-refractivity contribution in [2.24, 2.45) is 0 Å². The average molecular weight is 193 g/mol. The maximum Gasteiger partial charge on any atom is 0.257 e. The van der Waals surface area contributed by atoms with Crippen molar-refractivity contribution in [3.05, 3.63) is 35.9 Å². The summed E-state index contributed by atoms with van der Waals surface area (Å²) in [6.07, 6.45) is 0.0636. The molecule has 1 aliphatic heterocycles. The van der Waals surface area contributed by atoms with Crippen LogP contribution in [0.5, 0.6) is 0 Å². The van der Waals surface area contributed by atoms with Gasteiger partial charge in [0.2, 0.25) is 0 Å². The Morgan fingerprint density at radius 3 is 2.54 bits per heavy atom. The highest BCUT2D eigenvalue weighted by atomic mass is 32.1. The zero-order valence-electron chi connectivity index (χ0n) is 7.36. The van der Waals surface area contributed by atoms with Crippen LogP contribution in [-0.4, -0.2) is 11.2 Å². The van der Waals surface area contributed by atoms with E-state index in [1.807, 2.05) is 18.2 Å². The van der Waals surface area contributed by atoms with Crippen molar-refractivity contribution in [3.63, 3.8) is 0 Å². The van der Waals surface area contributed by atoms with Gasteiger partial charge in [-0.3, -0.25) is 0 Å². The Labute approximate surface area is 82.9 Å². The zero-order chi connectivity index (χ0) is 9.26. The molecule has 1 aromatic rings. The first-order chi connectivity index (χ1) is 6.27. The Morgan fingerprint density at radius 2 is 2.00 bits per heavy atom. The van der Waals surface area contributed by atoms with Gasteiger partial charge in [-0.1, -0.05) is 30.3 Å². The molecule has 1 fully saturated rings. The van der Waals surface area contributed by atoms with Crippen molar-refractivity contribution in [3.8, 4) is 0 Å². The molecule has 1 aromatic carbocycles. The van der Waals surface area contributed by atoms with Crippen LogP contribution in [0.3, 0.4) is 0 Å². The summed E-state index contributed by atoms with van der Waals surface area (Å²) in [5.74, 6) is 0. The summed E-state index contributed by atoms with van der Waals surface area (Å²) in [7, 11) is 0. The molecule has 1 heterocycles. The van der Waals surface area contributed by atoms with E-state index in [0.717, 1.165) is 0 Å². The monoisotopic (exact) mass is 193 g/mol. The maximum absolute atomic E-state index is 5.48. The summed E-state index contributed by atoms with van der Waals surface area (Å²) in [5, 5.41) is 3.58. The lowest BCUT2D eigenvalue weighted by Gasteiger charge is -2.12. The van der Waals surface area contributed by atoms with E-state index in [-0.39, 0.29) is 12.1 Å². The number of rotatable bonds is 1. The molecule has 0 radical (unpaired) electrons. The van der Waals surface area contributed by atoms with E-state index in [1.54, 1.807) is 0 Å². The number of thiocarbonyl (C=S) groups is 1. The number of hydrogen-bond donors (Lipinski definition) is 1. The van der Waals surface area contributed by atoms with Crippen molar-refractivity contribution < 1.29 is 4.74 Å². The minimum absolute atomic E-state index is 0.0636. The highest BCUT2D eigenvalue weighted by Crippen LogP contribution is 2.25. The fraction of sp³-hybridized carbons (Fsp3) is 0.300. The highest BCUT2D eigenvalue weighted by Gasteiger charge is 2.28. The van der Waals surface area contributed by atoms with Gasteiger partial charge in [0.1, 0.15) is 6.10 Å². The molecule has 68 valence electrons. The third kappa shape index (κ3) is 1.65. The van der Waals surface area contributed by atoms with Crippen LogP contribution >= 0.6 is 12.2 Å². The second-order valence-corrected chi connectivity index (χ2v) is 3.54. The minimum atomic E-state index is 0.0636. The molecule has 1 N–H and O–H groups in total. The molecule has 0 saturated carbocycles. The van der Waals surface area contributed by atoms with Gasteiger partial charge < -0.3 is 10.1 Å². The molecule has 0 unspecified atom stereocenters. The SMILES string of the molecule is C[C@@H]1NC(=S)O[C@H]1c1ccccc1. The van der Waals surface area contributed by atoms with Crippen molar-refractivity contribution in [1.82, 2.24) is 5.32 Å². The Kier molecular flexibility index (Phi) is 2.19. The maximum atomic E-state index is 5.48. The van der Waals surface area contributed by atoms with Gasteiger partial charge in [0.15, 0.2) is 0 Å². The van der Waals surface area contributed by atoms with Crippen LogP contribution in [0, 0.1) is 0 Å². The first-order valence-electron chi connectivity index (χ1n) is 4.29. The summed E-state index contributed by atoms with van der Waals surface area (Å²) >= 11 is 4.94. The van der Waals surface area contributed by atoms with Crippen LogP contribution in [0.4, 0.5) is 0 Å². The molecule has 2 rings (SSSR count). The first kappa shape index (κ1) is 8.51. The molecule has 0 bridgehead atoms. The minimum Gasteiger partial charge on any atom is -0.461 e. The number of hydrogen-bond acceptors (Lipinski definition) is 2. The summed E-state index contributed by atoms with van der Waals surface area (Å²) in [6, 6.07) is 10.4. The molecule has 0 amide bonds. The second kappa shape index (κ2) is 3.34. The van der Waals surface area contributed by atoms with Gasteiger partial charge in [0, 0.05) is 0 Å². The first-order valence-corrected chi connectivity index (χ1v) is 4.70. The van der Waals surface area contributed by atoms with Crippen LogP contribution in [-0.2, 0) is 4.74 Å². The van der Waals surface area contributed by atoms with Gasteiger partial charge in [-0.15, -0.1) is 0 Å². The van der Waals surface area contributed by atoms with Gasteiger partial charge in [0.25, 0.3) is 5.17 Å². The topological polar surface area (TPSA) is 21.3 Å². The van der Waals surface area contributed by atoms with Crippen LogP contribution in [0.25, 0.3) is 0 Å². The Balaban J connectivity index is 2.23. The molecule has 0 aliphatic carbocycles. The quantitative estimate of drug-likeness (QED) is 0.689. The van der Waals surface area contributed by atoms with Crippen molar-refractivity contribution in [1.29, 1.82) is 0 Å². The fourth-order valence-electron chi connectivity index (χ4n) is 1.51. The van der Waals surface area contributed by atoms with Crippen molar-refractivity contribution in [2.75, 3.05) is 0 Å². The van der Waals surface area contributed by atoms with Crippen molar-refractivity contribution >= 4 is 17.4 Å². The van der Waals surface area contributed by atoms with Crippen molar-refractivity contribution in [2.45, 2.75) is 19.1 Å². The molecule has 3 heteroatoms. The normalized spacial score (nSPS) is 26.7. The molecule has 2 atom stereocenters. The van der Waals surface area contributed by atoms with Crippen LogP contribution in [0.15, 0.2) is 30.3 Å². The largest absolute Gasteiger partial charge is 0.461 e. The van der Waals surface area contributed by atoms with Gasteiger partial charge in [-0.2, -0.15) is 0 Å². The van der Waals surface area contributed by atoms with Gasteiger partial charge in [-0.25, -0.2) is 0 Å². The molecule has 0 spiro atoms. The second-order valence-electron chi connectivity index (χ2n) is 3.17. The van der Waals surface area contributed by atoms with Gasteiger partial charge in [-0.05, 0) is 24.7 Å². The van der Waals surface area contributed by atoms with E-state index in [9.17, 15) is 0 Å². The molecule has 1 aliphatic rings. The Bertz CT molecular complexity index is 312. The lowest BCUT2D eigenvalue weighted by Crippen LogP contribution is -2.23. The molecule has 1 saturated heterocycles. The Hall–Kier alpha value is -1.09. The van der Waals surface area contributed by atoms with E-state index >= 15 is 0 Å². The third-order valence-electron chi connectivity index (χ3n) is 2.16. The Morgan fingerprint density at radius 1 is 1.31 bits per heavy atom. The smallest absolute Gasteiger partial charge is 0.257 e. The van der Waals surface area contributed by atoms with Crippen LogP contribution in [0.2, 0.25) is 0 Å². The van der Waals surface area contributed by atoms with E-state index in [2.05, 4.69) is 24.4 Å². The molecular formula is C10H11NOS. The number of benzene rings is 1. The lowest BCUT2D eigenvalue weighted by molar-refractivity contribution is 0.214. The van der Waals surface area contributed by atoms with E-state index in [4.69, 9.17) is 17.0 Å². The predicted octanol–water partition coefficient (Wildman–Crippen LogP) is 2.02. The fourth-order valence-corrected chi connectivity index (χ4v) is 1.80. The highest BCUT2D eigenvalue weighted by molar-refractivity contribution is 7.80. The summed E-state index contributed by atoms with van der Waals surface area (Å²) in [6.45, 7) is 2.07. The van der Waals surface area contributed by atoms with E-state index < -0.39 is 0 Å². The van der Waals surface area contributed by atoms with Crippen LogP contribution < -0.4 is 5.32 Å². The van der Waals surface area contributed by atoms with E-state index in [0.29, 0.717) is 5.17 Å². The zero-order valence-corrected chi connectivity index (χ0v) is 8.17. The predicted molar refractivity (Wildman–Crippen MR) is 55.5 cm³/mol. The molecular weight excluding hydrogens is 182 g/mol. The van der Waals surface area contributed by atoms with Gasteiger partial charge in [0.05, 0.1) is 6.04 Å². The summed E-state index contributed by atoms with van der Waals surface area (Å²) in [5.41, 5.74) is 1.17. The molecule has 13 heavy (non-hydrogen) atoms. The standard InChI is InChI=1S/C10H11NOS/c1-7-9(12-10(13)11-7)8-5-3-2-4-6-8/h2-7,9H,1H3,(H,11,13)/t7-,9+/m0/s1. The molecule has 2 nitrogen and oxygen atoms in total. The average Bonchev–Trinajstić information content (AvgIpc) is 2.47. The number of ether oxygens (including phenoxy) is 1. The van der Waals surface area contributed by atoms with E-state index in [1.165, 1.54) is 5.56 Å². The van der Waals surface area contributed by atoms with Crippen LogP contribution in [0.1, 0.15) is 18.6 Å². The third-order valence-corrected chi connectivity index (χ3v) is 2.38. The van der Waals surface area contributed by atoms with Gasteiger partial charge >= 0.3 is 0 Å². The summed E-state index contributed by atoms with van der Waals surface area (Å²) < 4.78 is 5.48. The number of nitrogens with one attached hydrogen (secondary N) is 1. The summed E-state index contributed by atoms with van der Waals surface area (Å²) in [4.78, 5) is 0. The molecule has 0 aromatic heterocycles.